The molecule has 0 atom stereocenters. The summed E-state index contributed by atoms with van der Waals surface area (Å²) in [6.07, 6.45) is 3.76. The molecule has 1 aromatic carbocycles. The summed E-state index contributed by atoms with van der Waals surface area (Å²) >= 11 is 0. The smallest absolute Gasteiger partial charge is 0.225 e. The number of nitrogens with zero attached hydrogens (tertiary/aromatic N) is 4. The number of benzene rings is 1. The molecular weight excluding hydrogens is 384 g/mol. The van der Waals surface area contributed by atoms with Crippen molar-refractivity contribution in [2.45, 2.75) is 25.8 Å². The number of carbonyl (C=O) groups excluding carboxylic acids is 1. The molecule has 0 spiro atoms. The normalized spacial score (nSPS) is 16.2. The molecule has 4 rings (SSSR count). The van der Waals surface area contributed by atoms with Gasteiger partial charge in [0.15, 0.2) is 0 Å². The topological polar surface area (TPSA) is 77.0 Å². The third-order valence-corrected chi connectivity index (χ3v) is 5.68. The van der Waals surface area contributed by atoms with Gasteiger partial charge in [0, 0.05) is 38.3 Å². The van der Waals surface area contributed by atoms with E-state index in [1.54, 1.807) is 14.2 Å². The number of amides is 1. The van der Waals surface area contributed by atoms with E-state index in [1.165, 1.54) is 0 Å². The summed E-state index contributed by atoms with van der Waals surface area (Å²) in [4.78, 5) is 26.2. The van der Waals surface area contributed by atoms with Crippen LogP contribution in [0.1, 0.15) is 23.2 Å². The van der Waals surface area contributed by atoms with Crippen LogP contribution in [0.2, 0.25) is 0 Å². The summed E-state index contributed by atoms with van der Waals surface area (Å²) in [5.41, 5.74) is 3.09. The Balaban J connectivity index is 1.39. The number of aryl methyl sites for hydroxylation is 1. The van der Waals surface area contributed by atoms with Gasteiger partial charge >= 0.3 is 0 Å². The average molecular weight is 412 g/mol. The van der Waals surface area contributed by atoms with Crippen LogP contribution in [0.15, 0.2) is 24.4 Å². The number of anilines is 1. The average Bonchev–Trinajstić information content (AvgIpc) is 2.82. The van der Waals surface area contributed by atoms with Gasteiger partial charge in [0.05, 0.1) is 39.7 Å². The van der Waals surface area contributed by atoms with E-state index < -0.39 is 0 Å². The Labute approximate surface area is 176 Å². The van der Waals surface area contributed by atoms with Crippen LogP contribution < -0.4 is 14.4 Å². The third-order valence-electron chi connectivity index (χ3n) is 5.68. The van der Waals surface area contributed by atoms with Crippen LogP contribution in [-0.4, -0.2) is 67.8 Å². The molecule has 0 aliphatic carbocycles. The molecule has 1 amide bonds. The van der Waals surface area contributed by atoms with E-state index in [0.717, 1.165) is 53.8 Å². The van der Waals surface area contributed by atoms with Crippen LogP contribution in [0.5, 0.6) is 11.5 Å². The van der Waals surface area contributed by atoms with Gasteiger partial charge < -0.3 is 24.0 Å². The highest BCUT2D eigenvalue weighted by Crippen LogP contribution is 2.26. The summed E-state index contributed by atoms with van der Waals surface area (Å²) in [5.74, 6) is 2.35. The van der Waals surface area contributed by atoms with E-state index in [1.807, 2.05) is 29.3 Å². The number of methoxy groups -OCH3 is 2. The summed E-state index contributed by atoms with van der Waals surface area (Å²) in [6, 6.07) is 5.70. The van der Waals surface area contributed by atoms with Crippen LogP contribution in [0.4, 0.5) is 5.95 Å². The Morgan fingerprint density at radius 2 is 2.00 bits per heavy atom. The molecule has 1 aromatic heterocycles. The molecule has 0 bridgehead atoms. The van der Waals surface area contributed by atoms with E-state index in [-0.39, 0.29) is 5.91 Å². The number of hydrogen-bond donors (Lipinski definition) is 0. The van der Waals surface area contributed by atoms with Crippen molar-refractivity contribution >= 4 is 11.9 Å². The predicted octanol–water partition coefficient (Wildman–Crippen LogP) is 1.85. The van der Waals surface area contributed by atoms with Crippen molar-refractivity contribution < 1.29 is 19.0 Å². The molecule has 8 nitrogen and oxygen atoms in total. The Hall–Kier alpha value is -2.87. The van der Waals surface area contributed by atoms with Gasteiger partial charge in [0.1, 0.15) is 11.5 Å². The van der Waals surface area contributed by atoms with Crippen LogP contribution in [0, 0.1) is 0 Å². The standard InChI is InChI=1S/C22H28N4O4/c1-28-18-5-3-16(20(13-18)29-2)4-6-21(27)26-8-7-17-14-23-22(24-19(17)15-26)25-9-11-30-12-10-25/h3,5,13-14H,4,6-12,15H2,1-2H3. The van der Waals surface area contributed by atoms with Gasteiger partial charge in [0.25, 0.3) is 0 Å². The molecule has 0 N–H and O–H groups in total. The van der Waals surface area contributed by atoms with Gasteiger partial charge in [-0.2, -0.15) is 0 Å². The maximum Gasteiger partial charge on any atom is 0.225 e. The van der Waals surface area contributed by atoms with Gasteiger partial charge in [-0.3, -0.25) is 4.79 Å². The molecule has 2 aromatic rings. The van der Waals surface area contributed by atoms with Crippen molar-refractivity contribution in [3.8, 4) is 11.5 Å². The van der Waals surface area contributed by atoms with Crippen molar-refractivity contribution in [1.82, 2.24) is 14.9 Å². The first-order chi connectivity index (χ1) is 14.7. The molecule has 30 heavy (non-hydrogen) atoms. The van der Waals surface area contributed by atoms with Crippen molar-refractivity contribution in [3.05, 3.63) is 41.2 Å². The summed E-state index contributed by atoms with van der Waals surface area (Å²) in [5, 5.41) is 0. The molecule has 2 aliphatic rings. The number of rotatable bonds is 6. The zero-order valence-corrected chi connectivity index (χ0v) is 17.6. The third kappa shape index (κ3) is 4.48. The Morgan fingerprint density at radius 3 is 2.77 bits per heavy atom. The molecule has 0 saturated carbocycles. The number of ether oxygens (including phenoxy) is 3. The zero-order chi connectivity index (χ0) is 20.9. The monoisotopic (exact) mass is 412 g/mol. The van der Waals surface area contributed by atoms with Gasteiger partial charge in [-0.25, -0.2) is 9.97 Å². The second kappa shape index (κ2) is 9.30. The minimum Gasteiger partial charge on any atom is -0.497 e. The highest BCUT2D eigenvalue weighted by Gasteiger charge is 2.24. The first-order valence-corrected chi connectivity index (χ1v) is 10.3. The summed E-state index contributed by atoms with van der Waals surface area (Å²) in [7, 11) is 3.26. The SMILES string of the molecule is COc1ccc(CCC(=O)N2CCc3cnc(N4CCOCC4)nc3C2)c(OC)c1. The molecule has 160 valence electrons. The minimum atomic E-state index is 0.130. The van der Waals surface area contributed by atoms with Gasteiger partial charge in [-0.15, -0.1) is 0 Å². The van der Waals surface area contributed by atoms with Gasteiger partial charge in [0.2, 0.25) is 11.9 Å². The van der Waals surface area contributed by atoms with Crippen LogP contribution in [-0.2, 0) is 28.9 Å². The van der Waals surface area contributed by atoms with E-state index in [2.05, 4.69) is 9.88 Å². The molecular formula is C22H28N4O4. The predicted molar refractivity (Wildman–Crippen MR) is 112 cm³/mol. The Morgan fingerprint density at radius 1 is 1.17 bits per heavy atom. The largest absolute Gasteiger partial charge is 0.497 e. The van der Waals surface area contributed by atoms with E-state index >= 15 is 0 Å². The number of fused-ring (bicyclic) bond motifs is 1. The minimum absolute atomic E-state index is 0.130. The number of aromatic nitrogens is 2. The quantitative estimate of drug-likeness (QED) is 0.717. The molecule has 2 aliphatic heterocycles. The Kier molecular flexibility index (Phi) is 6.32. The van der Waals surface area contributed by atoms with E-state index in [4.69, 9.17) is 19.2 Å². The lowest BCUT2D eigenvalue weighted by atomic mass is 10.0. The van der Waals surface area contributed by atoms with Gasteiger partial charge in [-0.05, 0) is 30.0 Å². The molecule has 3 heterocycles. The van der Waals surface area contributed by atoms with Crippen molar-refractivity contribution in [3.63, 3.8) is 0 Å². The maximum atomic E-state index is 12.9. The first kappa shape index (κ1) is 20.4. The Bertz CT molecular complexity index is 899. The number of hydrogen-bond acceptors (Lipinski definition) is 7. The lowest BCUT2D eigenvalue weighted by Crippen LogP contribution is -2.39. The molecule has 8 heteroatoms. The van der Waals surface area contributed by atoms with Crippen LogP contribution in [0.25, 0.3) is 0 Å². The highest BCUT2D eigenvalue weighted by molar-refractivity contribution is 5.77. The summed E-state index contributed by atoms with van der Waals surface area (Å²) < 4.78 is 16.1. The van der Waals surface area contributed by atoms with E-state index in [9.17, 15) is 4.79 Å². The number of morpholine rings is 1. The van der Waals surface area contributed by atoms with Crippen LogP contribution >= 0.6 is 0 Å². The molecule has 0 unspecified atom stereocenters. The van der Waals surface area contributed by atoms with Crippen LogP contribution in [0.3, 0.4) is 0 Å². The summed E-state index contributed by atoms with van der Waals surface area (Å²) in [6.45, 7) is 4.22. The fourth-order valence-electron chi connectivity index (χ4n) is 3.88. The van der Waals surface area contributed by atoms with Crippen molar-refractivity contribution in [2.75, 3.05) is 52.0 Å². The highest BCUT2D eigenvalue weighted by atomic mass is 16.5. The van der Waals surface area contributed by atoms with Gasteiger partial charge in [-0.1, -0.05) is 6.07 Å². The van der Waals surface area contributed by atoms with Crippen molar-refractivity contribution in [1.29, 1.82) is 0 Å². The molecule has 1 saturated heterocycles. The lowest BCUT2D eigenvalue weighted by molar-refractivity contribution is -0.132. The molecule has 1 fully saturated rings. The maximum absolute atomic E-state index is 12.9. The molecule has 0 radical (unpaired) electrons. The van der Waals surface area contributed by atoms with Crippen molar-refractivity contribution in [2.24, 2.45) is 0 Å². The fraction of sp³-hybridized carbons (Fsp3) is 0.500. The first-order valence-electron chi connectivity index (χ1n) is 10.3. The van der Waals surface area contributed by atoms with E-state index in [0.29, 0.717) is 39.1 Å². The fourth-order valence-corrected chi connectivity index (χ4v) is 3.88. The zero-order valence-electron chi connectivity index (χ0n) is 17.6. The second-order valence-corrected chi connectivity index (χ2v) is 7.48. The number of carbonyl (C=O) groups is 1. The lowest BCUT2D eigenvalue weighted by Gasteiger charge is -2.31. The second-order valence-electron chi connectivity index (χ2n) is 7.48.